The highest BCUT2D eigenvalue weighted by molar-refractivity contribution is 5.97. The number of carbonyl (C=O) groups is 3. The molecule has 1 aromatic carbocycles. The van der Waals surface area contributed by atoms with Crippen LogP contribution in [0.3, 0.4) is 0 Å². The molecular formula is C13H15N2O5-. The SMILES string of the molecule is CCOc1ccccc1C(=O)NNC(=O)CCC(=O)[O-]. The third kappa shape index (κ3) is 4.97. The molecule has 0 unspecified atom stereocenters. The zero-order valence-electron chi connectivity index (χ0n) is 11.0. The summed E-state index contributed by atoms with van der Waals surface area (Å²) in [5.74, 6) is -2.09. The lowest BCUT2D eigenvalue weighted by Crippen LogP contribution is -2.42. The molecule has 108 valence electrons. The summed E-state index contributed by atoms with van der Waals surface area (Å²) in [5.41, 5.74) is 4.58. The Morgan fingerprint density at radius 1 is 1.15 bits per heavy atom. The Labute approximate surface area is 115 Å². The van der Waals surface area contributed by atoms with Crippen molar-refractivity contribution in [2.45, 2.75) is 19.8 Å². The van der Waals surface area contributed by atoms with Crippen molar-refractivity contribution in [2.24, 2.45) is 0 Å². The molecule has 7 heteroatoms. The van der Waals surface area contributed by atoms with Crippen molar-refractivity contribution in [3.63, 3.8) is 0 Å². The molecule has 2 amide bonds. The van der Waals surface area contributed by atoms with Gasteiger partial charge in [-0.05, 0) is 25.5 Å². The number of hydrogen-bond acceptors (Lipinski definition) is 5. The summed E-state index contributed by atoms with van der Waals surface area (Å²) in [6.07, 6.45) is -0.674. The van der Waals surface area contributed by atoms with E-state index in [1.54, 1.807) is 31.2 Å². The van der Waals surface area contributed by atoms with Gasteiger partial charge in [-0.15, -0.1) is 0 Å². The number of hydrogen-bond donors (Lipinski definition) is 2. The minimum Gasteiger partial charge on any atom is -0.550 e. The van der Waals surface area contributed by atoms with Crippen molar-refractivity contribution in [1.29, 1.82) is 0 Å². The molecule has 1 aromatic rings. The highest BCUT2D eigenvalue weighted by Gasteiger charge is 2.12. The van der Waals surface area contributed by atoms with Crippen LogP contribution >= 0.6 is 0 Å². The second kappa shape index (κ2) is 7.78. The minimum absolute atomic E-state index is 0.268. The molecule has 20 heavy (non-hydrogen) atoms. The summed E-state index contributed by atoms with van der Waals surface area (Å²) in [5, 5.41) is 10.2. The van der Waals surface area contributed by atoms with Gasteiger partial charge in [-0.2, -0.15) is 0 Å². The van der Waals surface area contributed by atoms with Gasteiger partial charge in [-0.1, -0.05) is 12.1 Å². The highest BCUT2D eigenvalue weighted by atomic mass is 16.5. The van der Waals surface area contributed by atoms with Gasteiger partial charge in [0.15, 0.2) is 0 Å². The van der Waals surface area contributed by atoms with E-state index < -0.39 is 24.2 Å². The lowest BCUT2D eigenvalue weighted by molar-refractivity contribution is -0.305. The van der Waals surface area contributed by atoms with Crippen molar-refractivity contribution < 1.29 is 24.2 Å². The van der Waals surface area contributed by atoms with Crippen molar-refractivity contribution >= 4 is 17.8 Å². The van der Waals surface area contributed by atoms with Crippen molar-refractivity contribution in [1.82, 2.24) is 10.9 Å². The van der Waals surface area contributed by atoms with Gasteiger partial charge in [0.1, 0.15) is 5.75 Å². The monoisotopic (exact) mass is 279 g/mol. The fraction of sp³-hybridized carbons (Fsp3) is 0.308. The lowest BCUT2D eigenvalue weighted by atomic mass is 10.2. The van der Waals surface area contributed by atoms with Crippen LogP contribution in [0.1, 0.15) is 30.1 Å². The van der Waals surface area contributed by atoms with E-state index in [1.165, 1.54) is 0 Å². The van der Waals surface area contributed by atoms with Gasteiger partial charge in [-0.3, -0.25) is 20.4 Å². The van der Waals surface area contributed by atoms with E-state index >= 15 is 0 Å². The second-order valence-electron chi connectivity index (χ2n) is 3.80. The lowest BCUT2D eigenvalue weighted by Gasteiger charge is -2.11. The van der Waals surface area contributed by atoms with Crippen LogP contribution in [0.15, 0.2) is 24.3 Å². The number of hydrazine groups is 1. The van der Waals surface area contributed by atoms with Crippen LogP contribution in [-0.2, 0) is 9.59 Å². The summed E-state index contributed by atoms with van der Waals surface area (Å²) in [7, 11) is 0. The number of aliphatic carboxylic acids is 1. The van der Waals surface area contributed by atoms with Gasteiger partial charge in [0.05, 0.1) is 12.2 Å². The third-order valence-corrected chi connectivity index (χ3v) is 2.30. The Kier molecular flexibility index (Phi) is 6.02. The predicted octanol–water partition coefficient (Wildman–Crippen LogP) is -0.624. The average molecular weight is 279 g/mol. The summed E-state index contributed by atoms with van der Waals surface area (Å²) in [6, 6.07) is 6.57. The fourth-order valence-corrected chi connectivity index (χ4v) is 1.41. The number of rotatable bonds is 6. The van der Waals surface area contributed by atoms with Crippen LogP contribution in [0.25, 0.3) is 0 Å². The van der Waals surface area contributed by atoms with E-state index in [0.29, 0.717) is 12.4 Å². The van der Waals surface area contributed by atoms with Crippen LogP contribution < -0.4 is 20.7 Å². The number of carboxylic acid groups (broad SMARTS) is 1. The van der Waals surface area contributed by atoms with E-state index in [1.807, 2.05) is 0 Å². The van der Waals surface area contributed by atoms with Gasteiger partial charge >= 0.3 is 0 Å². The number of carbonyl (C=O) groups excluding carboxylic acids is 3. The molecule has 0 atom stereocenters. The second-order valence-corrected chi connectivity index (χ2v) is 3.80. The molecule has 0 aliphatic heterocycles. The molecule has 0 aromatic heterocycles. The maximum absolute atomic E-state index is 11.8. The normalized spacial score (nSPS) is 9.65. The predicted molar refractivity (Wildman–Crippen MR) is 67.5 cm³/mol. The summed E-state index contributed by atoms with van der Waals surface area (Å²) in [6.45, 7) is 2.19. The van der Waals surface area contributed by atoms with Crippen molar-refractivity contribution in [3.8, 4) is 5.75 Å². The Hall–Kier alpha value is -2.57. The van der Waals surface area contributed by atoms with E-state index in [-0.39, 0.29) is 12.0 Å². The molecule has 0 aliphatic carbocycles. The maximum atomic E-state index is 11.8. The highest BCUT2D eigenvalue weighted by Crippen LogP contribution is 2.17. The minimum atomic E-state index is -1.33. The molecule has 1 rings (SSSR count). The van der Waals surface area contributed by atoms with Crippen LogP contribution in [0, 0.1) is 0 Å². The van der Waals surface area contributed by atoms with E-state index in [0.717, 1.165) is 0 Å². The van der Waals surface area contributed by atoms with Gasteiger partial charge in [-0.25, -0.2) is 0 Å². The Morgan fingerprint density at radius 3 is 2.50 bits per heavy atom. The first-order valence-electron chi connectivity index (χ1n) is 6.05. The van der Waals surface area contributed by atoms with Gasteiger partial charge in [0.2, 0.25) is 5.91 Å². The molecule has 7 nitrogen and oxygen atoms in total. The van der Waals surface area contributed by atoms with Crippen LogP contribution in [0.2, 0.25) is 0 Å². The van der Waals surface area contributed by atoms with Crippen LogP contribution in [-0.4, -0.2) is 24.4 Å². The molecule has 0 fully saturated rings. The molecule has 0 aliphatic rings. The van der Waals surface area contributed by atoms with Gasteiger partial charge < -0.3 is 14.6 Å². The zero-order chi connectivity index (χ0) is 15.0. The van der Waals surface area contributed by atoms with E-state index in [9.17, 15) is 19.5 Å². The zero-order valence-corrected chi connectivity index (χ0v) is 11.0. The van der Waals surface area contributed by atoms with Crippen LogP contribution in [0.5, 0.6) is 5.75 Å². The molecule has 0 saturated carbocycles. The average Bonchev–Trinajstić information content (AvgIpc) is 2.43. The molecule has 0 radical (unpaired) electrons. The maximum Gasteiger partial charge on any atom is 0.273 e. The summed E-state index contributed by atoms with van der Waals surface area (Å²) >= 11 is 0. The third-order valence-electron chi connectivity index (χ3n) is 2.30. The van der Waals surface area contributed by atoms with Crippen molar-refractivity contribution in [2.75, 3.05) is 6.61 Å². The molecule has 2 N–H and O–H groups in total. The number of para-hydroxylation sites is 1. The number of nitrogens with one attached hydrogen (secondary N) is 2. The summed E-state index contributed by atoms with van der Waals surface area (Å²) in [4.78, 5) is 33.3. The first-order valence-corrected chi connectivity index (χ1v) is 6.05. The Balaban J connectivity index is 2.54. The smallest absolute Gasteiger partial charge is 0.273 e. The molecule has 0 saturated heterocycles. The molecule has 0 spiro atoms. The van der Waals surface area contributed by atoms with Gasteiger partial charge in [0, 0.05) is 12.4 Å². The topological polar surface area (TPSA) is 108 Å². The number of amides is 2. The standard InChI is InChI=1S/C13H16N2O5/c1-2-20-10-6-4-3-5-9(10)13(19)15-14-11(16)7-8-12(17)18/h3-6H,2,7-8H2,1H3,(H,14,16)(H,15,19)(H,17,18)/p-1. The quantitative estimate of drug-likeness (QED) is 0.674. The van der Waals surface area contributed by atoms with E-state index in [2.05, 4.69) is 10.9 Å². The molecular weight excluding hydrogens is 264 g/mol. The largest absolute Gasteiger partial charge is 0.550 e. The summed E-state index contributed by atoms with van der Waals surface area (Å²) < 4.78 is 5.28. The number of carboxylic acids is 1. The molecule has 0 bridgehead atoms. The number of benzene rings is 1. The van der Waals surface area contributed by atoms with Crippen molar-refractivity contribution in [3.05, 3.63) is 29.8 Å². The van der Waals surface area contributed by atoms with E-state index in [4.69, 9.17) is 4.74 Å². The fourth-order valence-electron chi connectivity index (χ4n) is 1.41. The number of ether oxygens (including phenoxy) is 1. The van der Waals surface area contributed by atoms with Crippen LogP contribution in [0.4, 0.5) is 0 Å². The Morgan fingerprint density at radius 2 is 1.85 bits per heavy atom. The van der Waals surface area contributed by atoms with Gasteiger partial charge in [0.25, 0.3) is 5.91 Å². The molecule has 0 heterocycles. The first kappa shape index (κ1) is 15.5. The first-order chi connectivity index (χ1) is 9.54. The Bertz CT molecular complexity index is 501.